The van der Waals surface area contributed by atoms with E-state index in [9.17, 15) is 4.79 Å². The van der Waals surface area contributed by atoms with Gasteiger partial charge in [-0.25, -0.2) is 4.98 Å². The third-order valence-electron chi connectivity index (χ3n) is 3.70. The molecule has 0 saturated heterocycles. The molecule has 1 aliphatic heterocycles. The minimum absolute atomic E-state index is 0.287. The van der Waals surface area contributed by atoms with E-state index in [-0.39, 0.29) is 5.92 Å². The Balaban J connectivity index is 1.69. The average molecular weight is 261 g/mol. The Morgan fingerprint density at radius 2 is 2.37 bits per heavy atom. The summed E-state index contributed by atoms with van der Waals surface area (Å²) >= 11 is 0. The molecule has 1 fully saturated rings. The molecule has 0 radical (unpaired) electrons. The van der Waals surface area contributed by atoms with Gasteiger partial charge >= 0.3 is 0 Å². The van der Waals surface area contributed by atoms with Crippen LogP contribution >= 0.6 is 0 Å². The highest BCUT2D eigenvalue weighted by Crippen LogP contribution is 2.32. The van der Waals surface area contributed by atoms with Crippen molar-refractivity contribution in [3.05, 3.63) is 30.4 Å². The number of nitrogens with zero attached hydrogens (tertiary/aromatic N) is 3. The predicted molar refractivity (Wildman–Crippen MR) is 70.2 cm³/mol. The summed E-state index contributed by atoms with van der Waals surface area (Å²) in [5.41, 5.74) is 2.06. The number of hydrogen-bond acceptors (Lipinski definition) is 3. The number of amides is 1. The van der Waals surface area contributed by atoms with Crippen molar-refractivity contribution in [3.8, 4) is 0 Å². The molecule has 0 unspecified atom stereocenters. The van der Waals surface area contributed by atoms with Crippen LogP contribution in [0.15, 0.2) is 19.0 Å². The zero-order chi connectivity index (χ0) is 13.2. The summed E-state index contributed by atoms with van der Waals surface area (Å²) in [6.45, 7) is 6.94. The average Bonchev–Trinajstić information content (AvgIpc) is 3.20. The standard InChI is InChI=1S/C14H19N3O2/c1-2-7-19-9-12-13-8-16(14(18)11-3-4-11)5-6-17(13)10-15-12/h2,10-11H,1,3-9H2. The van der Waals surface area contributed by atoms with Crippen LogP contribution < -0.4 is 0 Å². The summed E-state index contributed by atoms with van der Waals surface area (Å²) in [6.07, 6.45) is 5.69. The lowest BCUT2D eigenvalue weighted by molar-refractivity contribution is -0.134. The predicted octanol–water partition coefficient (Wildman–Crippen LogP) is 1.34. The topological polar surface area (TPSA) is 47.4 Å². The summed E-state index contributed by atoms with van der Waals surface area (Å²) in [5.74, 6) is 0.598. The van der Waals surface area contributed by atoms with Gasteiger partial charge in [-0.3, -0.25) is 4.79 Å². The first-order valence-electron chi connectivity index (χ1n) is 6.80. The van der Waals surface area contributed by atoms with Gasteiger partial charge in [-0.2, -0.15) is 0 Å². The lowest BCUT2D eigenvalue weighted by Gasteiger charge is -2.29. The van der Waals surface area contributed by atoms with Gasteiger partial charge in [-0.05, 0) is 12.8 Å². The van der Waals surface area contributed by atoms with E-state index in [1.807, 2.05) is 11.2 Å². The first-order valence-corrected chi connectivity index (χ1v) is 6.80. The second-order valence-electron chi connectivity index (χ2n) is 5.17. The Bertz CT molecular complexity index is 491. The minimum atomic E-state index is 0.287. The fourth-order valence-electron chi connectivity index (χ4n) is 2.45. The van der Waals surface area contributed by atoms with Crippen molar-refractivity contribution in [2.75, 3.05) is 13.2 Å². The second kappa shape index (κ2) is 5.17. The molecule has 19 heavy (non-hydrogen) atoms. The molecule has 0 aromatic carbocycles. The summed E-state index contributed by atoms with van der Waals surface area (Å²) < 4.78 is 7.58. The maximum atomic E-state index is 12.1. The summed E-state index contributed by atoms with van der Waals surface area (Å²) in [7, 11) is 0. The van der Waals surface area contributed by atoms with Crippen LogP contribution in [-0.4, -0.2) is 33.5 Å². The van der Waals surface area contributed by atoms with Gasteiger partial charge < -0.3 is 14.2 Å². The van der Waals surface area contributed by atoms with E-state index in [1.54, 1.807) is 6.08 Å². The molecule has 0 bridgehead atoms. The van der Waals surface area contributed by atoms with Crippen LogP contribution in [0.3, 0.4) is 0 Å². The highest BCUT2D eigenvalue weighted by Gasteiger charge is 2.35. The molecule has 1 saturated carbocycles. The molecule has 1 aliphatic carbocycles. The molecule has 0 N–H and O–H groups in total. The molecule has 5 heteroatoms. The van der Waals surface area contributed by atoms with E-state index in [0.717, 1.165) is 37.3 Å². The third-order valence-corrected chi connectivity index (χ3v) is 3.70. The van der Waals surface area contributed by atoms with Crippen molar-refractivity contribution in [2.45, 2.75) is 32.5 Å². The van der Waals surface area contributed by atoms with Crippen LogP contribution in [0.25, 0.3) is 0 Å². The van der Waals surface area contributed by atoms with Gasteiger partial charge in [0.05, 0.1) is 37.5 Å². The lowest BCUT2D eigenvalue weighted by atomic mass is 10.2. The molecular formula is C14H19N3O2. The first-order chi connectivity index (χ1) is 9.29. The maximum absolute atomic E-state index is 12.1. The maximum Gasteiger partial charge on any atom is 0.226 e. The van der Waals surface area contributed by atoms with Crippen molar-refractivity contribution in [3.63, 3.8) is 0 Å². The van der Waals surface area contributed by atoms with Gasteiger partial charge in [0.25, 0.3) is 0 Å². The quantitative estimate of drug-likeness (QED) is 0.593. The highest BCUT2D eigenvalue weighted by molar-refractivity contribution is 5.81. The molecule has 1 aromatic heterocycles. The van der Waals surface area contributed by atoms with Gasteiger partial charge in [0.15, 0.2) is 0 Å². The van der Waals surface area contributed by atoms with Crippen LogP contribution in [0.4, 0.5) is 0 Å². The van der Waals surface area contributed by atoms with E-state index >= 15 is 0 Å². The molecule has 5 nitrogen and oxygen atoms in total. The SMILES string of the molecule is C=CCOCc1ncn2c1CN(C(=O)C1CC1)CC2. The summed E-state index contributed by atoms with van der Waals surface area (Å²) in [4.78, 5) is 18.5. The molecule has 0 atom stereocenters. The molecule has 0 spiro atoms. The fraction of sp³-hybridized carbons (Fsp3) is 0.571. The number of imidazole rings is 1. The van der Waals surface area contributed by atoms with Gasteiger partial charge in [0, 0.05) is 19.0 Å². The zero-order valence-electron chi connectivity index (χ0n) is 11.0. The van der Waals surface area contributed by atoms with Crippen LogP contribution in [0.2, 0.25) is 0 Å². The molecule has 102 valence electrons. The Labute approximate surface area is 112 Å². The Hall–Kier alpha value is -1.62. The van der Waals surface area contributed by atoms with Crippen molar-refractivity contribution in [1.29, 1.82) is 0 Å². The molecule has 1 amide bonds. The van der Waals surface area contributed by atoms with Gasteiger partial charge in [0.1, 0.15) is 0 Å². The van der Waals surface area contributed by atoms with E-state index < -0.39 is 0 Å². The third kappa shape index (κ3) is 2.56. The zero-order valence-corrected chi connectivity index (χ0v) is 11.0. The molecular weight excluding hydrogens is 242 g/mol. The van der Waals surface area contributed by atoms with Crippen molar-refractivity contribution < 1.29 is 9.53 Å². The lowest BCUT2D eigenvalue weighted by Crippen LogP contribution is -2.39. The van der Waals surface area contributed by atoms with E-state index in [2.05, 4.69) is 16.1 Å². The number of fused-ring (bicyclic) bond motifs is 1. The Morgan fingerprint density at radius 1 is 1.53 bits per heavy atom. The molecule has 3 rings (SSSR count). The van der Waals surface area contributed by atoms with Crippen molar-refractivity contribution >= 4 is 5.91 Å². The number of carbonyl (C=O) groups excluding carboxylic acids is 1. The number of carbonyl (C=O) groups is 1. The number of aromatic nitrogens is 2. The van der Waals surface area contributed by atoms with Gasteiger partial charge in [-0.1, -0.05) is 6.08 Å². The van der Waals surface area contributed by atoms with Gasteiger partial charge in [-0.15, -0.1) is 6.58 Å². The number of ether oxygens (including phenoxy) is 1. The van der Waals surface area contributed by atoms with Crippen LogP contribution in [0, 0.1) is 5.92 Å². The van der Waals surface area contributed by atoms with E-state index in [1.165, 1.54) is 0 Å². The summed E-state index contributed by atoms with van der Waals surface area (Å²) in [5, 5.41) is 0. The molecule has 1 aromatic rings. The Morgan fingerprint density at radius 3 is 3.11 bits per heavy atom. The van der Waals surface area contributed by atoms with Crippen LogP contribution in [0.5, 0.6) is 0 Å². The Kier molecular flexibility index (Phi) is 3.38. The summed E-state index contributed by atoms with van der Waals surface area (Å²) in [6, 6.07) is 0. The van der Waals surface area contributed by atoms with Crippen LogP contribution in [0.1, 0.15) is 24.2 Å². The largest absolute Gasteiger partial charge is 0.371 e. The van der Waals surface area contributed by atoms with Crippen LogP contribution in [-0.2, 0) is 29.2 Å². The monoisotopic (exact) mass is 261 g/mol. The molecule has 2 aliphatic rings. The number of hydrogen-bond donors (Lipinski definition) is 0. The first kappa shape index (κ1) is 12.4. The smallest absolute Gasteiger partial charge is 0.226 e. The fourth-order valence-corrected chi connectivity index (χ4v) is 2.45. The van der Waals surface area contributed by atoms with Crippen molar-refractivity contribution in [1.82, 2.24) is 14.5 Å². The second-order valence-corrected chi connectivity index (χ2v) is 5.17. The number of rotatable bonds is 5. The van der Waals surface area contributed by atoms with Crippen molar-refractivity contribution in [2.24, 2.45) is 5.92 Å². The van der Waals surface area contributed by atoms with Gasteiger partial charge in [0.2, 0.25) is 5.91 Å². The normalized spacial score (nSPS) is 18.2. The van der Waals surface area contributed by atoms with E-state index in [0.29, 0.717) is 25.7 Å². The minimum Gasteiger partial charge on any atom is -0.371 e. The van der Waals surface area contributed by atoms with E-state index in [4.69, 9.17) is 4.74 Å². The molecule has 2 heterocycles. The highest BCUT2D eigenvalue weighted by atomic mass is 16.5.